The van der Waals surface area contributed by atoms with Gasteiger partial charge in [-0.25, -0.2) is 0 Å². The Balaban J connectivity index is 1.97. The predicted octanol–water partition coefficient (Wildman–Crippen LogP) is 2.64. The molecule has 0 aliphatic carbocycles. The molecule has 0 bridgehead atoms. The van der Waals surface area contributed by atoms with Crippen molar-refractivity contribution >= 4 is 21.6 Å². The molecule has 1 aromatic carbocycles. The molecule has 0 unspecified atom stereocenters. The van der Waals surface area contributed by atoms with Crippen molar-refractivity contribution in [1.29, 1.82) is 0 Å². The first-order chi connectivity index (χ1) is 8.66. The largest absolute Gasteiger partial charge is 0.364 e. The zero-order chi connectivity index (χ0) is 13.0. The molecule has 7 heteroatoms. The van der Waals surface area contributed by atoms with Gasteiger partial charge in [-0.05, 0) is 27.6 Å². The smallest absolute Gasteiger partial charge is 0.283 e. The number of hydrogen-bond donors (Lipinski definition) is 1. The molecule has 0 atom stereocenters. The molecule has 6 nitrogen and oxygen atoms in total. The summed E-state index contributed by atoms with van der Waals surface area (Å²) in [4.78, 5) is 10.4. The van der Waals surface area contributed by atoms with E-state index in [0.29, 0.717) is 17.6 Å². The fourth-order valence-electron chi connectivity index (χ4n) is 1.47. The third-order valence-corrected chi connectivity index (χ3v) is 3.00. The number of nitro groups is 1. The second-order valence-electron chi connectivity index (χ2n) is 3.64. The molecule has 2 aromatic rings. The summed E-state index contributed by atoms with van der Waals surface area (Å²) in [5.41, 5.74) is 1.70. The Morgan fingerprint density at radius 3 is 2.89 bits per heavy atom. The molecule has 0 aliphatic heterocycles. The van der Waals surface area contributed by atoms with E-state index in [9.17, 15) is 10.1 Å². The number of halogens is 1. The van der Waals surface area contributed by atoms with Crippen LogP contribution in [0.3, 0.4) is 0 Å². The Hall–Kier alpha value is -1.73. The van der Waals surface area contributed by atoms with E-state index >= 15 is 0 Å². The zero-order valence-electron chi connectivity index (χ0n) is 9.30. The van der Waals surface area contributed by atoms with Crippen LogP contribution in [0.2, 0.25) is 0 Å². The van der Waals surface area contributed by atoms with Gasteiger partial charge in [-0.3, -0.25) is 10.1 Å². The average Bonchev–Trinajstić information content (AvgIpc) is 2.84. The van der Waals surface area contributed by atoms with E-state index in [0.717, 1.165) is 11.3 Å². The Morgan fingerprint density at radius 2 is 2.22 bits per heavy atom. The van der Waals surface area contributed by atoms with Crippen LogP contribution in [0, 0.1) is 10.1 Å². The minimum Gasteiger partial charge on any atom is -0.364 e. The number of benzene rings is 1. The van der Waals surface area contributed by atoms with Crippen molar-refractivity contribution < 1.29 is 9.45 Å². The van der Waals surface area contributed by atoms with Gasteiger partial charge >= 0.3 is 0 Å². The van der Waals surface area contributed by atoms with Crippen LogP contribution in [0.15, 0.2) is 39.5 Å². The number of nitrogens with zero attached hydrogens (tertiary/aromatic N) is 2. The first-order valence-electron chi connectivity index (χ1n) is 5.19. The van der Waals surface area contributed by atoms with Gasteiger partial charge in [0.05, 0.1) is 15.1 Å². The molecule has 18 heavy (non-hydrogen) atoms. The maximum Gasteiger partial charge on any atom is 0.283 e. The molecule has 94 valence electrons. The van der Waals surface area contributed by atoms with Gasteiger partial charge in [-0.15, -0.1) is 0 Å². The van der Waals surface area contributed by atoms with Crippen LogP contribution in [0.4, 0.5) is 5.69 Å². The molecule has 1 aromatic heterocycles. The maximum absolute atomic E-state index is 10.8. The lowest BCUT2D eigenvalue weighted by atomic mass is 10.2. The summed E-state index contributed by atoms with van der Waals surface area (Å²) in [6.07, 6.45) is 1.50. The van der Waals surface area contributed by atoms with Crippen LogP contribution < -0.4 is 5.32 Å². The lowest BCUT2D eigenvalue weighted by molar-refractivity contribution is -0.385. The van der Waals surface area contributed by atoms with E-state index in [1.807, 2.05) is 6.07 Å². The van der Waals surface area contributed by atoms with Crippen molar-refractivity contribution in [2.75, 3.05) is 0 Å². The van der Waals surface area contributed by atoms with Gasteiger partial charge in [-0.1, -0.05) is 11.2 Å². The molecule has 0 radical (unpaired) electrons. The minimum absolute atomic E-state index is 0.0655. The van der Waals surface area contributed by atoms with Crippen molar-refractivity contribution in [1.82, 2.24) is 10.5 Å². The summed E-state index contributed by atoms with van der Waals surface area (Å²) in [6, 6.07) is 6.80. The number of nitrogens with one attached hydrogen (secondary N) is 1. The van der Waals surface area contributed by atoms with Gasteiger partial charge in [0.25, 0.3) is 5.69 Å². The average molecular weight is 312 g/mol. The van der Waals surface area contributed by atoms with Crippen LogP contribution >= 0.6 is 15.9 Å². The molecule has 0 fully saturated rings. The molecule has 0 saturated carbocycles. The Morgan fingerprint density at radius 1 is 1.39 bits per heavy atom. The van der Waals surface area contributed by atoms with Crippen molar-refractivity contribution in [3.8, 4) is 0 Å². The molecule has 2 rings (SSSR count). The van der Waals surface area contributed by atoms with Crippen LogP contribution in [-0.2, 0) is 13.1 Å². The summed E-state index contributed by atoms with van der Waals surface area (Å²) in [5.74, 6) is 0. The normalized spacial score (nSPS) is 10.5. The summed E-state index contributed by atoms with van der Waals surface area (Å²) < 4.78 is 5.18. The van der Waals surface area contributed by atoms with Gasteiger partial charge < -0.3 is 9.84 Å². The Kier molecular flexibility index (Phi) is 4.06. The second kappa shape index (κ2) is 5.74. The highest BCUT2D eigenvalue weighted by Crippen LogP contribution is 2.25. The fraction of sp³-hybridized carbons (Fsp3) is 0.182. The summed E-state index contributed by atoms with van der Waals surface area (Å²) in [6.45, 7) is 1.08. The first kappa shape index (κ1) is 12.7. The molecule has 0 spiro atoms. The van der Waals surface area contributed by atoms with E-state index in [1.165, 1.54) is 6.26 Å². The third kappa shape index (κ3) is 3.14. The quantitative estimate of drug-likeness (QED) is 0.678. The molecule has 0 amide bonds. The molecule has 1 N–H and O–H groups in total. The Labute approximate surface area is 111 Å². The monoisotopic (exact) mass is 311 g/mol. The Bertz CT molecular complexity index is 542. The van der Waals surface area contributed by atoms with Crippen molar-refractivity contribution in [3.05, 3.63) is 56.4 Å². The highest BCUT2D eigenvalue weighted by Gasteiger charge is 2.11. The highest BCUT2D eigenvalue weighted by molar-refractivity contribution is 9.10. The predicted molar refractivity (Wildman–Crippen MR) is 67.8 cm³/mol. The zero-order valence-corrected chi connectivity index (χ0v) is 10.9. The standard InChI is InChI=1S/C11H10BrN3O3/c12-10-2-1-8(5-11(10)15(16)17)6-13-7-9-3-4-18-14-9/h1-5,13H,6-7H2. The molecule has 1 heterocycles. The highest BCUT2D eigenvalue weighted by atomic mass is 79.9. The van der Waals surface area contributed by atoms with Crippen molar-refractivity contribution in [3.63, 3.8) is 0 Å². The maximum atomic E-state index is 10.8. The van der Waals surface area contributed by atoms with E-state index in [-0.39, 0.29) is 5.69 Å². The van der Waals surface area contributed by atoms with Crippen molar-refractivity contribution in [2.24, 2.45) is 0 Å². The summed E-state index contributed by atoms with van der Waals surface area (Å²) >= 11 is 3.15. The summed E-state index contributed by atoms with van der Waals surface area (Å²) in [7, 11) is 0. The molecular formula is C11H10BrN3O3. The minimum atomic E-state index is -0.411. The molecule has 0 saturated heterocycles. The van der Waals surface area contributed by atoms with Gasteiger partial charge in [0, 0.05) is 25.2 Å². The topological polar surface area (TPSA) is 81.2 Å². The molecule has 0 aliphatic rings. The number of hydrogen-bond acceptors (Lipinski definition) is 5. The van der Waals surface area contributed by atoms with Crippen LogP contribution in [0.25, 0.3) is 0 Å². The van der Waals surface area contributed by atoms with Crippen LogP contribution in [0.1, 0.15) is 11.3 Å². The SMILES string of the molecule is O=[N+]([O-])c1cc(CNCc2ccon2)ccc1Br. The van der Waals surface area contributed by atoms with Gasteiger partial charge in [0.15, 0.2) is 0 Å². The van der Waals surface area contributed by atoms with E-state index in [4.69, 9.17) is 4.52 Å². The fourth-order valence-corrected chi connectivity index (χ4v) is 1.86. The van der Waals surface area contributed by atoms with Crippen molar-refractivity contribution in [2.45, 2.75) is 13.1 Å². The summed E-state index contributed by atoms with van der Waals surface area (Å²) in [5, 5.41) is 17.7. The second-order valence-corrected chi connectivity index (χ2v) is 4.49. The lowest BCUT2D eigenvalue weighted by Gasteiger charge is -2.03. The first-order valence-corrected chi connectivity index (χ1v) is 5.99. The lowest BCUT2D eigenvalue weighted by Crippen LogP contribution is -2.13. The number of aromatic nitrogens is 1. The molecular weight excluding hydrogens is 302 g/mol. The van der Waals surface area contributed by atoms with E-state index in [2.05, 4.69) is 26.4 Å². The number of rotatable bonds is 5. The van der Waals surface area contributed by atoms with E-state index in [1.54, 1.807) is 18.2 Å². The van der Waals surface area contributed by atoms with Gasteiger partial charge in [0.2, 0.25) is 0 Å². The van der Waals surface area contributed by atoms with Gasteiger partial charge in [0.1, 0.15) is 6.26 Å². The number of nitro benzene ring substituents is 1. The van der Waals surface area contributed by atoms with E-state index < -0.39 is 4.92 Å². The van der Waals surface area contributed by atoms with Gasteiger partial charge in [-0.2, -0.15) is 0 Å². The van der Waals surface area contributed by atoms with Crippen LogP contribution in [0.5, 0.6) is 0 Å². The third-order valence-electron chi connectivity index (χ3n) is 2.33. The van der Waals surface area contributed by atoms with Crippen LogP contribution in [-0.4, -0.2) is 10.1 Å².